The van der Waals surface area contributed by atoms with Crippen LogP contribution in [-0.4, -0.2) is 11.1 Å². The second kappa shape index (κ2) is 3.92. The van der Waals surface area contributed by atoms with E-state index < -0.39 is 5.97 Å². The van der Waals surface area contributed by atoms with Gasteiger partial charge in [-0.25, -0.2) is 0 Å². The van der Waals surface area contributed by atoms with Crippen molar-refractivity contribution in [2.75, 3.05) is 0 Å². The fourth-order valence-electron chi connectivity index (χ4n) is 3.69. The summed E-state index contributed by atoms with van der Waals surface area (Å²) < 4.78 is 0. The third-order valence-electron chi connectivity index (χ3n) is 4.31. The minimum Gasteiger partial charge on any atom is -0.481 e. The molecule has 0 amide bonds. The zero-order chi connectivity index (χ0) is 10.1. The van der Waals surface area contributed by atoms with E-state index in [1.165, 1.54) is 25.7 Å². The molecule has 2 fully saturated rings. The minimum absolute atomic E-state index is 0.0379. The number of hydrogen-bond donors (Lipinski definition) is 1. The van der Waals surface area contributed by atoms with Gasteiger partial charge in [-0.3, -0.25) is 4.79 Å². The van der Waals surface area contributed by atoms with Crippen molar-refractivity contribution >= 4 is 5.97 Å². The smallest absolute Gasteiger partial charge is 0.306 e. The monoisotopic (exact) mass is 196 g/mol. The Hall–Kier alpha value is -0.530. The molecule has 0 bridgehead atoms. The van der Waals surface area contributed by atoms with Gasteiger partial charge in [0.05, 0.1) is 5.92 Å². The Labute approximate surface area is 85.7 Å². The van der Waals surface area contributed by atoms with Crippen molar-refractivity contribution in [3.63, 3.8) is 0 Å². The number of aliphatic carboxylic acids is 1. The predicted octanol–water partition coefficient (Wildman–Crippen LogP) is 2.92. The molecule has 2 aliphatic carbocycles. The summed E-state index contributed by atoms with van der Waals surface area (Å²) in [6.45, 7) is 2.25. The van der Waals surface area contributed by atoms with Crippen molar-refractivity contribution in [3.05, 3.63) is 0 Å². The van der Waals surface area contributed by atoms with Crippen molar-refractivity contribution < 1.29 is 9.90 Å². The van der Waals surface area contributed by atoms with Crippen LogP contribution in [0.4, 0.5) is 0 Å². The number of carboxylic acids is 1. The van der Waals surface area contributed by atoms with Crippen LogP contribution in [0.3, 0.4) is 0 Å². The molecule has 2 saturated carbocycles. The molecular weight excluding hydrogens is 176 g/mol. The number of carboxylic acid groups (broad SMARTS) is 1. The predicted molar refractivity (Wildman–Crippen MR) is 55.0 cm³/mol. The Kier molecular flexibility index (Phi) is 2.80. The van der Waals surface area contributed by atoms with E-state index in [1.54, 1.807) is 0 Å². The first-order valence-electron chi connectivity index (χ1n) is 5.93. The van der Waals surface area contributed by atoms with Crippen LogP contribution < -0.4 is 0 Å². The summed E-state index contributed by atoms with van der Waals surface area (Å²) in [5, 5.41) is 9.19. The highest BCUT2D eigenvalue weighted by molar-refractivity contribution is 5.70. The van der Waals surface area contributed by atoms with E-state index in [0.717, 1.165) is 12.8 Å². The largest absolute Gasteiger partial charge is 0.481 e. The van der Waals surface area contributed by atoms with Crippen molar-refractivity contribution in [2.45, 2.75) is 45.4 Å². The molecule has 0 heterocycles. The van der Waals surface area contributed by atoms with E-state index in [2.05, 4.69) is 6.92 Å². The van der Waals surface area contributed by atoms with Gasteiger partial charge in [-0.15, -0.1) is 0 Å². The third-order valence-corrected chi connectivity index (χ3v) is 4.31. The van der Waals surface area contributed by atoms with Crippen molar-refractivity contribution in [3.8, 4) is 0 Å². The highest BCUT2D eigenvalue weighted by atomic mass is 16.4. The zero-order valence-corrected chi connectivity index (χ0v) is 8.91. The number of hydrogen-bond acceptors (Lipinski definition) is 1. The van der Waals surface area contributed by atoms with Crippen LogP contribution in [0.2, 0.25) is 0 Å². The summed E-state index contributed by atoms with van der Waals surface area (Å²) in [4.78, 5) is 11.2. The summed E-state index contributed by atoms with van der Waals surface area (Å²) in [7, 11) is 0. The molecule has 14 heavy (non-hydrogen) atoms. The molecule has 0 aliphatic heterocycles. The Morgan fingerprint density at radius 1 is 1.14 bits per heavy atom. The molecule has 2 rings (SSSR count). The third kappa shape index (κ3) is 1.67. The van der Waals surface area contributed by atoms with E-state index in [9.17, 15) is 9.90 Å². The van der Waals surface area contributed by atoms with Gasteiger partial charge in [0.15, 0.2) is 0 Å². The van der Waals surface area contributed by atoms with Crippen LogP contribution in [-0.2, 0) is 4.79 Å². The molecule has 0 aromatic rings. The summed E-state index contributed by atoms with van der Waals surface area (Å²) in [5.41, 5.74) is 0. The van der Waals surface area contributed by atoms with Crippen LogP contribution >= 0.6 is 0 Å². The summed E-state index contributed by atoms with van der Waals surface area (Å²) in [6, 6.07) is 0. The van der Waals surface area contributed by atoms with E-state index in [1.807, 2.05) is 0 Å². The lowest BCUT2D eigenvalue weighted by Gasteiger charge is -2.43. The molecule has 0 aromatic heterocycles. The summed E-state index contributed by atoms with van der Waals surface area (Å²) in [6.07, 6.45) is 7.16. The molecule has 2 nitrogen and oxygen atoms in total. The number of rotatable bonds is 1. The average Bonchev–Trinajstić information content (AvgIpc) is 2.17. The van der Waals surface area contributed by atoms with Gasteiger partial charge in [-0.1, -0.05) is 39.0 Å². The highest BCUT2D eigenvalue weighted by Crippen LogP contribution is 2.46. The lowest BCUT2D eigenvalue weighted by atomic mass is 9.61. The van der Waals surface area contributed by atoms with Crippen LogP contribution in [0.15, 0.2) is 0 Å². The molecule has 2 heteroatoms. The van der Waals surface area contributed by atoms with Crippen molar-refractivity contribution in [1.29, 1.82) is 0 Å². The lowest BCUT2D eigenvalue weighted by molar-refractivity contribution is -0.148. The second-order valence-corrected chi connectivity index (χ2v) is 5.12. The maximum absolute atomic E-state index is 11.2. The number of carbonyl (C=O) groups is 1. The standard InChI is InChI=1S/C12H20O2/c1-8-4-2-5-9-6-3-7-10(11(8)9)12(13)14/h8-11H,2-7H2,1H3,(H,13,14). The van der Waals surface area contributed by atoms with Gasteiger partial charge >= 0.3 is 5.97 Å². The molecule has 0 spiro atoms. The van der Waals surface area contributed by atoms with E-state index in [0.29, 0.717) is 17.8 Å². The molecular formula is C12H20O2. The molecule has 0 radical (unpaired) electrons. The summed E-state index contributed by atoms with van der Waals surface area (Å²) >= 11 is 0. The maximum Gasteiger partial charge on any atom is 0.306 e. The van der Waals surface area contributed by atoms with Gasteiger partial charge in [-0.05, 0) is 24.2 Å². The fourth-order valence-corrected chi connectivity index (χ4v) is 3.69. The first kappa shape index (κ1) is 10.0. The first-order chi connectivity index (χ1) is 6.70. The second-order valence-electron chi connectivity index (χ2n) is 5.12. The van der Waals surface area contributed by atoms with Crippen LogP contribution in [0.1, 0.15) is 45.4 Å². The van der Waals surface area contributed by atoms with Gasteiger partial charge in [0, 0.05) is 0 Å². The topological polar surface area (TPSA) is 37.3 Å². The van der Waals surface area contributed by atoms with Crippen LogP contribution in [0.25, 0.3) is 0 Å². The van der Waals surface area contributed by atoms with Crippen LogP contribution in [0, 0.1) is 23.7 Å². The molecule has 2 aliphatic rings. The van der Waals surface area contributed by atoms with Gasteiger partial charge in [0.2, 0.25) is 0 Å². The Bertz CT molecular complexity index is 222. The number of fused-ring (bicyclic) bond motifs is 1. The van der Waals surface area contributed by atoms with E-state index >= 15 is 0 Å². The first-order valence-corrected chi connectivity index (χ1v) is 5.93. The van der Waals surface area contributed by atoms with Gasteiger partial charge < -0.3 is 5.11 Å². The maximum atomic E-state index is 11.2. The minimum atomic E-state index is -0.548. The molecule has 1 N–H and O–H groups in total. The molecule has 80 valence electrons. The average molecular weight is 196 g/mol. The highest BCUT2D eigenvalue weighted by Gasteiger charge is 2.41. The Balaban J connectivity index is 2.14. The van der Waals surface area contributed by atoms with E-state index in [4.69, 9.17) is 0 Å². The molecule has 4 atom stereocenters. The quantitative estimate of drug-likeness (QED) is 0.700. The fraction of sp³-hybridized carbons (Fsp3) is 0.917. The van der Waals surface area contributed by atoms with Gasteiger partial charge in [0.25, 0.3) is 0 Å². The molecule has 4 unspecified atom stereocenters. The van der Waals surface area contributed by atoms with Crippen molar-refractivity contribution in [1.82, 2.24) is 0 Å². The normalized spacial score (nSPS) is 42.9. The Morgan fingerprint density at radius 2 is 1.79 bits per heavy atom. The zero-order valence-electron chi connectivity index (χ0n) is 8.91. The lowest BCUT2D eigenvalue weighted by Crippen LogP contribution is -2.39. The molecule has 0 aromatic carbocycles. The van der Waals surface area contributed by atoms with E-state index in [-0.39, 0.29) is 5.92 Å². The van der Waals surface area contributed by atoms with Crippen molar-refractivity contribution in [2.24, 2.45) is 23.7 Å². The SMILES string of the molecule is CC1CCCC2CCCC(C(=O)O)C12. The van der Waals surface area contributed by atoms with Gasteiger partial charge in [0.1, 0.15) is 0 Å². The van der Waals surface area contributed by atoms with Crippen LogP contribution in [0.5, 0.6) is 0 Å². The molecule has 0 saturated heterocycles. The summed E-state index contributed by atoms with van der Waals surface area (Å²) in [5.74, 6) is 1.25. The Morgan fingerprint density at radius 3 is 2.43 bits per heavy atom. The van der Waals surface area contributed by atoms with Gasteiger partial charge in [-0.2, -0.15) is 0 Å².